The molecule has 1 rings (SSSR count). The summed E-state index contributed by atoms with van der Waals surface area (Å²) in [4.78, 5) is 0.125. The Kier molecular flexibility index (Phi) is 6.19. The van der Waals surface area contributed by atoms with Crippen LogP contribution >= 0.6 is 0 Å². The summed E-state index contributed by atoms with van der Waals surface area (Å²) in [7, 11) is -0.616. The summed E-state index contributed by atoms with van der Waals surface area (Å²) in [5.74, 6) is 0.668. The van der Waals surface area contributed by atoms with Gasteiger partial charge in [-0.3, -0.25) is 0 Å². The van der Waals surface area contributed by atoms with Gasteiger partial charge in [-0.2, -0.15) is 4.31 Å². The molecule has 0 bridgehead atoms. The zero-order valence-electron chi connectivity index (χ0n) is 13.3. The minimum Gasteiger partial charge on any atom is -0.495 e. The van der Waals surface area contributed by atoms with Crippen molar-refractivity contribution in [3.05, 3.63) is 23.8 Å². The Morgan fingerprint density at radius 1 is 1.29 bits per heavy atom. The molecule has 0 aliphatic rings. The van der Waals surface area contributed by atoms with Crippen LogP contribution in [0, 0.1) is 5.92 Å². The molecule has 1 aromatic carbocycles. The van der Waals surface area contributed by atoms with Gasteiger partial charge in [0, 0.05) is 13.1 Å². The molecule has 0 radical (unpaired) electrons. The molecule has 0 saturated carbocycles. The SMILES string of the molecule is COc1cc(CO)ccc1S(=O)(=O)N(C)C(C)CC(C)C. The Morgan fingerprint density at radius 3 is 2.38 bits per heavy atom. The summed E-state index contributed by atoms with van der Waals surface area (Å²) < 4.78 is 32.0. The molecular formula is C15H25NO4S. The number of benzene rings is 1. The van der Waals surface area contributed by atoms with Gasteiger partial charge in [0.2, 0.25) is 10.0 Å². The van der Waals surface area contributed by atoms with Crippen LogP contribution in [0.4, 0.5) is 0 Å². The Bertz CT molecular complexity index is 569. The molecule has 0 aliphatic heterocycles. The standard InChI is InChI=1S/C15H25NO4S/c1-11(2)8-12(3)16(4)21(18,19)15-7-6-13(10-17)9-14(15)20-5/h6-7,9,11-12,17H,8,10H2,1-5H3. The average molecular weight is 315 g/mol. The molecule has 1 atom stereocenters. The number of ether oxygens (including phenoxy) is 1. The quantitative estimate of drug-likeness (QED) is 0.838. The third-order valence-corrected chi connectivity index (χ3v) is 5.51. The third kappa shape index (κ3) is 4.18. The third-order valence-electron chi connectivity index (χ3n) is 3.50. The minimum atomic E-state index is -3.62. The number of methoxy groups -OCH3 is 1. The van der Waals surface area contributed by atoms with E-state index >= 15 is 0 Å². The highest BCUT2D eigenvalue weighted by Crippen LogP contribution is 2.29. The van der Waals surface area contributed by atoms with E-state index in [9.17, 15) is 8.42 Å². The van der Waals surface area contributed by atoms with Gasteiger partial charge in [-0.1, -0.05) is 19.9 Å². The second-order valence-electron chi connectivity index (χ2n) is 5.64. The monoisotopic (exact) mass is 315 g/mol. The number of hydrogen-bond acceptors (Lipinski definition) is 4. The lowest BCUT2D eigenvalue weighted by Gasteiger charge is -2.26. The Balaban J connectivity index is 3.18. The molecule has 1 N–H and O–H groups in total. The van der Waals surface area contributed by atoms with Crippen molar-refractivity contribution in [1.82, 2.24) is 4.31 Å². The molecule has 1 aromatic rings. The van der Waals surface area contributed by atoms with E-state index in [0.717, 1.165) is 6.42 Å². The molecule has 0 fully saturated rings. The van der Waals surface area contributed by atoms with Gasteiger partial charge in [0.05, 0.1) is 13.7 Å². The molecule has 0 saturated heterocycles. The maximum Gasteiger partial charge on any atom is 0.246 e. The van der Waals surface area contributed by atoms with E-state index in [4.69, 9.17) is 9.84 Å². The lowest BCUT2D eigenvalue weighted by Crippen LogP contribution is -2.36. The van der Waals surface area contributed by atoms with Crippen LogP contribution in [0.5, 0.6) is 5.75 Å². The highest BCUT2D eigenvalue weighted by molar-refractivity contribution is 7.89. The molecule has 120 valence electrons. The number of hydrogen-bond donors (Lipinski definition) is 1. The van der Waals surface area contributed by atoms with Crippen LogP contribution in [0.1, 0.15) is 32.8 Å². The summed E-state index contributed by atoms with van der Waals surface area (Å²) in [6.45, 7) is 5.86. The van der Waals surface area contributed by atoms with Gasteiger partial charge >= 0.3 is 0 Å². The molecule has 1 unspecified atom stereocenters. The molecule has 5 nitrogen and oxygen atoms in total. The van der Waals surface area contributed by atoms with Crippen molar-refractivity contribution in [3.63, 3.8) is 0 Å². The van der Waals surface area contributed by atoms with Crippen LogP contribution in [-0.2, 0) is 16.6 Å². The maximum atomic E-state index is 12.7. The number of nitrogens with zero attached hydrogens (tertiary/aromatic N) is 1. The highest BCUT2D eigenvalue weighted by atomic mass is 32.2. The van der Waals surface area contributed by atoms with Gasteiger partial charge in [0.25, 0.3) is 0 Å². The van der Waals surface area contributed by atoms with E-state index in [0.29, 0.717) is 11.5 Å². The first kappa shape index (κ1) is 17.9. The summed E-state index contributed by atoms with van der Waals surface area (Å²) in [6, 6.07) is 4.53. The molecule has 0 heterocycles. The largest absolute Gasteiger partial charge is 0.495 e. The van der Waals surface area contributed by atoms with Crippen molar-refractivity contribution in [2.24, 2.45) is 5.92 Å². The average Bonchev–Trinajstić information content (AvgIpc) is 2.44. The van der Waals surface area contributed by atoms with Crippen molar-refractivity contribution in [2.75, 3.05) is 14.2 Å². The van der Waals surface area contributed by atoms with E-state index in [1.807, 2.05) is 6.92 Å². The second kappa shape index (κ2) is 7.24. The lowest BCUT2D eigenvalue weighted by atomic mass is 10.1. The van der Waals surface area contributed by atoms with E-state index in [2.05, 4.69) is 13.8 Å². The Hall–Kier alpha value is -1.11. The minimum absolute atomic E-state index is 0.0998. The number of rotatable bonds is 7. The van der Waals surface area contributed by atoms with Crippen molar-refractivity contribution >= 4 is 10.0 Å². The van der Waals surface area contributed by atoms with Crippen molar-refractivity contribution in [3.8, 4) is 5.75 Å². The highest BCUT2D eigenvalue weighted by Gasteiger charge is 2.28. The van der Waals surface area contributed by atoms with Gasteiger partial charge in [-0.25, -0.2) is 8.42 Å². The van der Waals surface area contributed by atoms with Gasteiger partial charge in [-0.05, 0) is 37.0 Å². The predicted octanol–water partition coefficient (Wildman–Crippen LogP) is 2.24. The van der Waals surface area contributed by atoms with Gasteiger partial charge in [-0.15, -0.1) is 0 Å². The van der Waals surface area contributed by atoms with Gasteiger partial charge in [0.1, 0.15) is 10.6 Å². The Labute approximate surface area is 127 Å². The molecule has 21 heavy (non-hydrogen) atoms. The van der Waals surface area contributed by atoms with E-state index in [-0.39, 0.29) is 23.3 Å². The number of sulfonamides is 1. The predicted molar refractivity (Wildman–Crippen MR) is 82.8 cm³/mol. The molecule has 0 amide bonds. The van der Waals surface area contributed by atoms with Crippen LogP contribution in [0.15, 0.2) is 23.1 Å². The van der Waals surface area contributed by atoms with Gasteiger partial charge in [0.15, 0.2) is 0 Å². The zero-order chi connectivity index (χ0) is 16.2. The van der Waals surface area contributed by atoms with Crippen LogP contribution < -0.4 is 4.74 Å². The zero-order valence-corrected chi connectivity index (χ0v) is 14.1. The molecule has 0 spiro atoms. The van der Waals surface area contributed by atoms with Crippen molar-refractivity contribution in [1.29, 1.82) is 0 Å². The summed E-state index contributed by atoms with van der Waals surface area (Å²) in [5, 5.41) is 9.13. The number of aliphatic hydroxyl groups is 1. The fraction of sp³-hybridized carbons (Fsp3) is 0.600. The van der Waals surface area contributed by atoms with E-state index < -0.39 is 10.0 Å². The molecule has 6 heteroatoms. The smallest absolute Gasteiger partial charge is 0.246 e. The fourth-order valence-corrected chi connectivity index (χ4v) is 3.75. The van der Waals surface area contributed by atoms with Crippen LogP contribution in [-0.4, -0.2) is 38.0 Å². The summed E-state index contributed by atoms with van der Waals surface area (Å²) >= 11 is 0. The van der Waals surface area contributed by atoms with Crippen LogP contribution in [0.3, 0.4) is 0 Å². The summed E-state index contributed by atoms with van der Waals surface area (Å²) in [6.07, 6.45) is 0.784. The van der Waals surface area contributed by atoms with Crippen molar-refractivity contribution < 1.29 is 18.3 Å². The van der Waals surface area contributed by atoms with E-state index in [1.54, 1.807) is 19.2 Å². The topological polar surface area (TPSA) is 66.8 Å². The molecule has 0 aliphatic carbocycles. The lowest BCUT2D eigenvalue weighted by molar-refractivity contribution is 0.280. The van der Waals surface area contributed by atoms with Crippen LogP contribution in [0.2, 0.25) is 0 Å². The van der Waals surface area contributed by atoms with Gasteiger partial charge < -0.3 is 9.84 Å². The molecular weight excluding hydrogens is 290 g/mol. The maximum absolute atomic E-state index is 12.7. The summed E-state index contributed by atoms with van der Waals surface area (Å²) in [5.41, 5.74) is 0.615. The fourth-order valence-electron chi connectivity index (χ4n) is 2.25. The van der Waals surface area contributed by atoms with Crippen LogP contribution in [0.25, 0.3) is 0 Å². The normalized spacial score (nSPS) is 13.7. The second-order valence-corrected chi connectivity index (χ2v) is 7.61. The first-order valence-corrected chi connectivity index (χ1v) is 8.43. The Morgan fingerprint density at radius 2 is 1.90 bits per heavy atom. The van der Waals surface area contributed by atoms with E-state index in [1.165, 1.54) is 17.5 Å². The van der Waals surface area contributed by atoms with Crippen molar-refractivity contribution in [2.45, 2.75) is 44.7 Å². The first-order chi connectivity index (χ1) is 9.73. The number of aliphatic hydroxyl groups excluding tert-OH is 1. The first-order valence-electron chi connectivity index (χ1n) is 6.99. The molecule has 0 aromatic heterocycles.